The lowest BCUT2D eigenvalue weighted by Crippen LogP contribution is -2.29. The molecule has 3 nitrogen and oxygen atoms in total. The molecule has 66 valence electrons. The van der Waals surface area contributed by atoms with Gasteiger partial charge in [0.15, 0.2) is 0 Å². The molecule has 1 amide bonds. The van der Waals surface area contributed by atoms with Crippen molar-refractivity contribution in [3.05, 3.63) is 0 Å². The van der Waals surface area contributed by atoms with Gasteiger partial charge in [0, 0.05) is 6.54 Å². The van der Waals surface area contributed by atoms with E-state index in [1.807, 2.05) is 0 Å². The first kappa shape index (κ1) is 10.4. The SMILES string of the molecule is CC(C)(C)CCNC(=O)CO. The number of aliphatic hydroxyl groups is 1. The first-order chi connectivity index (χ1) is 4.95. The van der Waals surface area contributed by atoms with E-state index in [0.717, 1.165) is 6.42 Å². The highest BCUT2D eigenvalue weighted by Gasteiger charge is 2.09. The fraction of sp³-hybridized carbons (Fsp3) is 0.875. The number of aliphatic hydroxyl groups excluding tert-OH is 1. The van der Waals surface area contributed by atoms with Gasteiger partial charge in [0.1, 0.15) is 6.61 Å². The van der Waals surface area contributed by atoms with Gasteiger partial charge in [0.25, 0.3) is 0 Å². The molecule has 0 fully saturated rings. The summed E-state index contributed by atoms with van der Waals surface area (Å²) in [5.41, 5.74) is 0.239. The van der Waals surface area contributed by atoms with Gasteiger partial charge in [0.2, 0.25) is 5.91 Å². The first-order valence-corrected chi connectivity index (χ1v) is 3.83. The largest absolute Gasteiger partial charge is 0.387 e. The van der Waals surface area contributed by atoms with Crippen LogP contribution in [-0.2, 0) is 4.79 Å². The van der Waals surface area contributed by atoms with Gasteiger partial charge in [-0.05, 0) is 11.8 Å². The van der Waals surface area contributed by atoms with E-state index < -0.39 is 6.61 Å². The molecule has 0 atom stereocenters. The number of carbonyl (C=O) groups excluding carboxylic acids is 1. The fourth-order valence-corrected chi connectivity index (χ4v) is 0.633. The van der Waals surface area contributed by atoms with E-state index in [-0.39, 0.29) is 11.3 Å². The minimum absolute atomic E-state index is 0.239. The van der Waals surface area contributed by atoms with Gasteiger partial charge in [-0.15, -0.1) is 0 Å². The second kappa shape index (κ2) is 4.34. The molecule has 0 aromatic carbocycles. The monoisotopic (exact) mass is 159 g/mol. The number of nitrogens with one attached hydrogen (secondary N) is 1. The van der Waals surface area contributed by atoms with Crippen molar-refractivity contribution < 1.29 is 9.90 Å². The van der Waals surface area contributed by atoms with Gasteiger partial charge in [-0.1, -0.05) is 20.8 Å². The standard InChI is InChI=1S/C8H17NO2/c1-8(2,3)4-5-9-7(11)6-10/h10H,4-6H2,1-3H3,(H,9,11). The molecule has 0 aliphatic rings. The second-order valence-electron chi connectivity index (χ2n) is 3.82. The summed E-state index contributed by atoms with van der Waals surface area (Å²) < 4.78 is 0. The maximum Gasteiger partial charge on any atom is 0.245 e. The van der Waals surface area contributed by atoms with Crippen LogP contribution in [0.2, 0.25) is 0 Å². The zero-order valence-corrected chi connectivity index (χ0v) is 7.48. The van der Waals surface area contributed by atoms with Crippen LogP contribution in [0.25, 0.3) is 0 Å². The topological polar surface area (TPSA) is 49.3 Å². The summed E-state index contributed by atoms with van der Waals surface area (Å²) in [7, 11) is 0. The summed E-state index contributed by atoms with van der Waals surface area (Å²) in [5, 5.41) is 11.0. The highest BCUT2D eigenvalue weighted by molar-refractivity contribution is 5.76. The van der Waals surface area contributed by atoms with Crippen molar-refractivity contribution >= 4 is 5.91 Å². The molecule has 0 heterocycles. The average Bonchev–Trinajstić information content (AvgIpc) is 1.85. The van der Waals surface area contributed by atoms with Gasteiger partial charge in [0.05, 0.1) is 0 Å². The molecule has 0 aliphatic heterocycles. The maximum atomic E-state index is 10.5. The van der Waals surface area contributed by atoms with Crippen LogP contribution in [0.15, 0.2) is 0 Å². The average molecular weight is 159 g/mol. The second-order valence-corrected chi connectivity index (χ2v) is 3.82. The summed E-state index contributed by atoms with van der Waals surface area (Å²) in [6, 6.07) is 0. The Morgan fingerprint density at radius 2 is 2.00 bits per heavy atom. The minimum atomic E-state index is -0.413. The predicted molar refractivity (Wildman–Crippen MR) is 44.2 cm³/mol. The van der Waals surface area contributed by atoms with Crippen molar-refractivity contribution in [2.24, 2.45) is 5.41 Å². The van der Waals surface area contributed by atoms with Crippen LogP contribution in [0.4, 0.5) is 0 Å². The molecular weight excluding hydrogens is 142 g/mol. The Morgan fingerprint density at radius 3 is 2.36 bits per heavy atom. The van der Waals surface area contributed by atoms with E-state index >= 15 is 0 Å². The lowest BCUT2D eigenvalue weighted by Gasteiger charge is -2.17. The predicted octanol–water partition coefficient (Wildman–Crippen LogP) is 0.531. The third-order valence-electron chi connectivity index (χ3n) is 1.34. The zero-order chi connectivity index (χ0) is 8.91. The first-order valence-electron chi connectivity index (χ1n) is 3.83. The Morgan fingerprint density at radius 1 is 1.45 bits per heavy atom. The van der Waals surface area contributed by atoms with Crippen molar-refractivity contribution in [1.29, 1.82) is 0 Å². The fourth-order valence-electron chi connectivity index (χ4n) is 0.633. The van der Waals surface area contributed by atoms with Crippen LogP contribution in [0.1, 0.15) is 27.2 Å². The van der Waals surface area contributed by atoms with Crippen molar-refractivity contribution in [3.8, 4) is 0 Å². The number of amides is 1. The molecule has 0 bridgehead atoms. The third kappa shape index (κ3) is 7.33. The summed E-state index contributed by atoms with van der Waals surface area (Å²) in [4.78, 5) is 10.5. The quantitative estimate of drug-likeness (QED) is 0.631. The maximum absolute atomic E-state index is 10.5. The van der Waals surface area contributed by atoms with Crippen molar-refractivity contribution in [2.45, 2.75) is 27.2 Å². The van der Waals surface area contributed by atoms with Crippen LogP contribution in [0.3, 0.4) is 0 Å². The van der Waals surface area contributed by atoms with Gasteiger partial charge < -0.3 is 10.4 Å². The van der Waals surface area contributed by atoms with Crippen LogP contribution in [-0.4, -0.2) is 24.2 Å². The molecule has 0 unspecified atom stereocenters. The Labute approximate surface area is 67.8 Å². The molecule has 0 aromatic rings. The summed E-state index contributed by atoms with van der Waals surface area (Å²) in [6.45, 7) is 6.56. The normalized spacial score (nSPS) is 11.3. The molecule has 11 heavy (non-hydrogen) atoms. The van der Waals surface area contributed by atoms with Crippen molar-refractivity contribution in [1.82, 2.24) is 5.32 Å². The van der Waals surface area contributed by atoms with Crippen LogP contribution in [0.5, 0.6) is 0 Å². The Bertz CT molecular complexity index is 127. The Balaban J connectivity index is 3.35. The number of carbonyl (C=O) groups is 1. The Kier molecular flexibility index (Phi) is 4.11. The molecule has 0 aliphatic carbocycles. The van der Waals surface area contributed by atoms with Gasteiger partial charge in [-0.25, -0.2) is 0 Å². The Hall–Kier alpha value is -0.570. The van der Waals surface area contributed by atoms with Crippen molar-refractivity contribution in [2.75, 3.05) is 13.2 Å². The number of hydrogen-bond acceptors (Lipinski definition) is 2. The molecule has 0 spiro atoms. The van der Waals surface area contributed by atoms with E-state index in [1.165, 1.54) is 0 Å². The number of hydrogen-bond donors (Lipinski definition) is 2. The molecule has 0 aromatic heterocycles. The van der Waals surface area contributed by atoms with E-state index in [4.69, 9.17) is 5.11 Å². The van der Waals surface area contributed by atoms with Gasteiger partial charge in [-0.2, -0.15) is 0 Å². The molecular formula is C8H17NO2. The van der Waals surface area contributed by atoms with E-state index in [1.54, 1.807) is 0 Å². The zero-order valence-electron chi connectivity index (χ0n) is 7.48. The lowest BCUT2D eigenvalue weighted by atomic mass is 9.92. The van der Waals surface area contributed by atoms with E-state index in [2.05, 4.69) is 26.1 Å². The highest BCUT2D eigenvalue weighted by atomic mass is 16.3. The third-order valence-corrected chi connectivity index (χ3v) is 1.34. The molecule has 0 saturated carbocycles. The van der Waals surface area contributed by atoms with Crippen molar-refractivity contribution in [3.63, 3.8) is 0 Å². The van der Waals surface area contributed by atoms with Gasteiger partial charge >= 0.3 is 0 Å². The lowest BCUT2D eigenvalue weighted by molar-refractivity contribution is -0.123. The smallest absolute Gasteiger partial charge is 0.245 e. The highest BCUT2D eigenvalue weighted by Crippen LogP contribution is 2.16. The molecule has 0 rings (SSSR count). The minimum Gasteiger partial charge on any atom is -0.387 e. The van der Waals surface area contributed by atoms with Crippen LogP contribution >= 0.6 is 0 Å². The van der Waals surface area contributed by atoms with E-state index in [0.29, 0.717) is 6.54 Å². The summed E-state index contributed by atoms with van der Waals surface area (Å²) in [6.07, 6.45) is 0.929. The molecule has 0 radical (unpaired) electrons. The molecule has 2 N–H and O–H groups in total. The molecule has 3 heteroatoms. The van der Waals surface area contributed by atoms with Gasteiger partial charge in [-0.3, -0.25) is 4.79 Å². The summed E-state index contributed by atoms with van der Waals surface area (Å²) >= 11 is 0. The van der Waals surface area contributed by atoms with Crippen LogP contribution in [0, 0.1) is 5.41 Å². The summed E-state index contributed by atoms with van der Waals surface area (Å²) in [5.74, 6) is -0.297. The van der Waals surface area contributed by atoms with E-state index in [9.17, 15) is 4.79 Å². The number of rotatable bonds is 3. The van der Waals surface area contributed by atoms with Crippen LogP contribution < -0.4 is 5.32 Å². The molecule has 0 saturated heterocycles.